The SMILES string of the molecule is CCCn1c(N2CCC(Cc3ccccc3)CC2)c(/C=C2/SC(=S)N(CC(=O)O)C2=O)c(C)c(C#N)c1=O. The maximum atomic E-state index is 13.4. The normalized spacial score (nSPS) is 17.3. The summed E-state index contributed by atoms with van der Waals surface area (Å²) in [5.41, 5.74) is 2.17. The quantitative estimate of drug-likeness (QED) is 0.385. The Balaban J connectivity index is 1.74. The number of aliphatic carboxylic acids is 1. The van der Waals surface area contributed by atoms with Crippen molar-refractivity contribution < 1.29 is 14.7 Å². The van der Waals surface area contributed by atoms with E-state index >= 15 is 0 Å². The standard InChI is InChI=1S/C28H30N4O4S2/c1-3-11-31-25(30-12-9-20(10-13-30)14-19-7-5-4-6-8-19)21(18(2)22(16-29)26(31)35)15-23-27(36)32(17-24(33)34)28(37)38-23/h4-8,15,20H,3,9-14,17H2,1-2H3,(H,33,34)/b23-15+. The highest BCUT2D eigenvalue weighted by Gasteiger charge is 2.35. The van der Waals surface area contributed by atoms with Gasteiger partial charge in [-0.15, -0.1) is 0 Å². The van der Waals surface area contributed by atoms with Gasteiger partial charge >= 0.3 is 5.97 Å². The molecule has 2 aromatic rings. The average molecular weight is 551 g/mol. The molecule has 2 fully saturated rings. The van der Waals surface area contributed by atoms with Crippen molar-refractivity contribution in [1.29, 1.82) is 5.26 Å². The molecule has 0 aliphatic carbocycles. The van der Waals surface area contributed by atoms with Crippen molar-refractivity contribution in [3.63, 3.8) is 0 Å². The average Bonchev–Trinajstić information content (AvgIpc) is 3.15. The van der Waals surface area contributed by atoms with E-state index in [-0.39, 0.29) is 20.3 Å². The summed E-state index contributed by atoms with van der Waals surface area (Å²) in [6, 6.07) is 12.5. The Morgan fingerprint density at radius 3 is 2.53 bits per heavy atom. The zero-order valence-electron chi connectivity index (χ0n) is 21.5. The van der Waals surface area contributed by atoms with Gasteiger partial charge in [0.25, 0.3) is 11.5 Å². The van der Waals surface area contributed by atoms with Crippen LogP contribution in [0.2, 0.25) is 0 Å². The molecular weight excluding hydrogens is 520 g/mol. The zero-order valence-corrected chi connectivity index (χ0v) is 23.1. The maximum Gasteiger partial charge on any atom is 0.323 e. The molecule has 0 bridgehead atoms. The minimum absolute atomic E-state index is 0.0495. The van der Waals surface area contributed by atoms with Gasteiger partial charge in [0.15, 0.2) is 0 Å². The van der Waals surface area contributed by atoms with Gasteiger partial charge in [0, 0.05) is 25.2 Å². The second-order valence-corrected chi connectivity index (χ2v) is 11.3. The summed E-state index contributed by atoms with van der Waals surface area (Å²) in [7, 11) is 0. The van der Waals surface area contributed by atoms with Crippen molar-refractivity contribution in [3.8, 4) is 6.07 Å². The van der Waals surface area contributed by atoms with Crippen LogP contribution < -0.4 is 10.5 Å². The van der Waals surface area contributed by atoms with E-state index < -0.39 is 18.4 Å². The minimum Gasteiger partial charge on any atom is -0.480 e. The van der Waals surface area contributed by atoms with E-state index in [1.54, 1.807) is 17.6 Å². The first kappa shape index (κ1) is 27.6. The molecule has 0 radical (unpaired) electrons. The highest BCUT2D eigenvalue weighted by Crippen LogP contribution is 2.37. The molecule has 2 saturated heterocycles. The van der Waals surface area contributed by atoms with Gasteiger partial charge in [0.2, 0.25) is 0 Å². The Kier molecular flexibility index (Phi) is 8.69. The molecule has 1 amide bonds. The third-order valence-electron chi connectivity index (χ3n) is 7.02. The predicted octanol–water partition coefficient (Wildman–Crippen LogP) is 4.18. The van der Waals surface area contributed by atoms with E-state index in [9.17, 15) is 24.8 Å². The summed E-state index contributed by atoms with van der Waals surface area (Å²) in [5.74, 6) is -0.410. The Morgan fingerprint density at radius 2 is 1.92 bits per heavy atom. The Hall–Kier alpha value is -3.42. The molecule has 2 aliphatic rings. The van der Waals surface area contributed by atoms with E-state index in [0.29, 0.717) is 35.8 Å². The Labute approximate surface area is 231 Å². The molecule has 8 nitrogen and oxygen atoms in total. The van der Waals surface area contributed by atoms with Gasteiger partial charge in [-0.2, -0.15) is 5.26 Å². The van der Waals surface area contributed by atoms with Crippen molar-refractivity contribution >= 4 is 52.1 Å². The number of piperidine rings is 1. The predicted molar refractivity (Wildman–Crippen MR) is 153 cm³/mol. The molecule has 1 aromatic carbocycles. The second kappa shape index (κ2) is 12.0. The molecule has 198 valence electrons. The number of carbonyl (C=O) groups excluding carboxylic acids is 1. The lowest BCUT2D eigenvalue weighted by Crippen LogP contribution is -2.40. The van der Waals surface area contributed by atoms with Gasteiger partial charge in [-0.05, 0) is 55.7 Å². The number of thiocarbonyl (C=S) groups is 1. The van der Waals surface area contributed by atoms with Gasteiger partial charge in [-0.3, -0.25) is 23.9 Å². The molecule has 2 aliphatic heterocycles. The first-order valence-corrected chi connectivity index (χ1v) is 13.9. The number of nitrogens with zero attached hydrogens (tertiary/aromatic N) is 4. The number of hydrogen-bond donors (Lipinski definition) is 1. The first-order valence-electron chi connectivity index (χ1n) is 12.7. The molecule has 10 heteroatoms. The topological polar surface area (TPSA) is 107 Å². The fraction of sp³-hybridized carbons (Fsp3) is 0.393. The molecule has 0 saturated carbocycles. The van der Waals surface area contributed by atoms with E-state index in [4.69, 9.17) is 12.2 Å². The summed E-state index contributed by atoms with van der Waals surface area (Å²) in [4.78, 5) is 41.2. The molecule has 0 spiro atoms. The van der Waals surface area contributed by atoms with Gasteiger partial charge in [-0.1, -0.05) is 61.2 Å². The summed E-state index contributed by atoms with van der Waals surface area (Å²) in [5, 5.41) is 19.0. The highest BCUT2D eigenvalue weighted by atomic mass is 32.2. The highest BCUT2D eigenvalue weighted by molar-refractivity contribution is 8.26. The molecule has 38 heavy (non-hydrogen) atoms. The minimum atomic E-state index is -1.15. The number of rotatable bonds is 8. The van der Waals surface area contributed by atoms with Gasteiger partial charge in [0.05, 0.1) is 4.91 Å². The number of pyridine rings is 1. The summed E-state index contributed by atoms with van der Waals surface area (Å²) in [6.45, 7) is 5.12. The van der Waals surface area contributed by atoms with Crippen LogP contribution in [0.4, 0.5) is 5.82 Å². The Bertz CT molecular complexity index is 1390. The van der Waals surface area contributed by atoms with Crippen LogP contribution in [0, 0.1) is 24.2 Å². The first-order chi connectivity index (χ1) is 18.2. The molecule has 3 heterocycles. The number of hydrogen-bond acceptors (Lipinski definition) is 7. The third kappa shape index (κ3) is 5.69. The lowest BCUT2D eigenvalue weighted by molar-refractivity contribution is -0.140. The van der Waals surface area contributed by atoms with Gasteiger partial charge < -0.3 is 10.0 Å². The summed E-state index contributed by atoms with van der Waals surface area (Å²) < 4.78 is 1.83. The van der Waals surface area contributed by atoms with Crippen LogP contribution in [0.3, 0.4) is 0 Å². The number of amides is 1. The van der Waals surface area contributed by atoms with Crippen LogP contribution in [0.1, 0.15) is 48.4 Å². The zero-order chi connectivity index (χ0) is 27.4. The van der Waals surface area contributed by atoms with E-state index in [1.165, 1.54) is 5.56 Å². The van der Waals surface area contributed by atoms with Gasteiger partial charge in [-0.25, -0.2) is 0 Å². The summed E-state index contributed by atoms with van der Waals surface area (Å²) in [6.07, 6.45) is 5.28. The van der Waals surface area contributed by atoms with Gasteiger partial charge in [0.1, 0.15) is 28.3 Å². The van der Waals surface area contributed by atoms with Crippen LogP contribution >= 0.6 is 24.0 Å². The van der Waals surface area contributed by atoms with Crippen LogP contribution in [0.5, 0.6) is 0 Å². The van der Waals surface area contributed by atoms with Crippen LogP contribution in [-0.4, -0.2) is 50.4 Å². The molecular formula is C28H30N4O4S2. The maximum absolute atomic E-state index is 13.4. The lowest BCUT2D eigenvalue weighted by Gasteiger charge is -2.36. The van der Waals surface area contributed by atoms with E-state index in [2.05, 4.69) is 35.2 Å². The molecule has 1 aromatic heterocycles. The number of anilines is 1. The second-order valence-electron chi connectivity index (χ2n) is 9.59. The van der Waals surface area contributed by atoms with Crippen molar-refractivity contribution in [2.24, 2.45) is 5.92 Å². The number of thioether (sulfide) groups is 1. The number of aromatic nitrogens is 1. The van der Waals surface area contributed by atoms with Crippen LogP contribution in [0.25, 0.3) is 6.08 Å². The fourth-order valence-electron chi connectivity index (χ4n) is 5.11. The van der Waals surface area contributed by atoms with Crippen molar-refractivity contribution in [2.45, 2.75) is 46.1 Å². The fourth-order valence-corrected chi connectivity index (χ4v) is 6.35. The van der Waals surface area contributed by atoms with Crippen molar-refractivity contribution in [3.05, 3.63) is 67.8 Å². The van der Waals surface area contributed by atoms with Crippen LogP contribution in [0.15, 0.2) is 40.0 Å². The monoisotopic (exact) mass is 550 g/mol. The number of carbonyl (C=O) groups is 2. The molecule has 0 atom stereocenters. The molecule has 0 unspecified atom stereocenters. The van der Waals surface area contributed by atoms with E-state index in [1.807, 2.05) is 13.0 Å². The number of nitriles is 1. The summed E-state index contributed by atoms with van der Waals surface area (Å²) >= 11 is 6.31. The van der Waals surface area contributed by atoms with Crippen LogP contribution in [-0.2, 0) is 22.6 Å². The number of benzene rings is 1. The van der Waals surface area contributed by atoms with E-state index in [0.717, 1.165) is 49.0 Å². The smallest absolute Gasteiger partial charge is 0.323 e. The number of carboxylic acid groups (broad SMARTS) is 1. The molecule has 4 rings (SSSR count). The largest absolute Gasteiger partial charge is 0.480 e. The molecule has 1 N–H and O–H groups in total. The number of carboxylic acids is 1. The lowest BCUT2D eigenvalue weighted by atomic mass is 9.90. The third-order valence-corrected chi connectivity index (χ3v) is 8.40. The Morgan fingerprint density at radius 1 is 1.24 bits per heavy atom. The van der Waals surface area contributed by atoms with Crippen molar-refractivity contribution in [1.82, 2.24) is 9.47 Å². The van der Waals surface area contributed by atoms with Crippen molar-refractivity contribution in [2.75, 3.05) is 24.5 Å².